The minimum atomic E-state index is 0.0545. The Hall–Kier alpha value is -2.37. The summed E-state index contributed by atoms with van der Waals surface area (Å²) in [7, 11) is 3.28. The molecule has 3 N–H and O–H groups in total. The Morgan fingerprint density at radius 2 is 2.06 bits per heavy atom. The Labute approximate surface area is 98.1 Å². The molecule has 6 nitrogen and oxygen atoms in total. The van der Waals surface area contributed by atoms with Crippen LogP contribution < -0.4 is 5.73 Å². The quantitative estimate of drug-likeness (QED) is 0.446. The number of aryl methyl sites for hydroxylation is 1. The van der Waals surface area contributed by atoms with Gasteiger partial charge >= 0.3 is 0 Å². The third-order valence-electron chi connectivity index (χ3n) is 2.53. The largest absolute Gasteiger partial charge is 0.493 e. The van der Waals surface area contributed by atoms with Crippen molar-refractivity contribution in [2.75, 3.05) is 7.05 Å². The number of aliphatic imine (C=N–C) groups is 1. The van der Waals surface area contributed by atoms with E-state index < -0.39 is 0 Å². The number of fused-ring (bicyclic) bond motifs is 1. The summed E-state index contributed by atoms with van der Waals surface area (Å²) in [5.41, 5.74) is 6.70. The van der Waals surface area contributed by atoms with Gasteiger partial charge in [-0.3, -0.25) is 4.99 Å². The summed E-state index contributed by atoms with van der Waals surface area (Å²) >= 11 is 0. The number of benzene rings is 1. The van der Waals surface area contributed by atoms with E-state index in [1.165, 1.54) is 7.05 Å². The summed E-state index contributed by atoms with van der Waals surface area (Å²) in [6.45, 7) is 0. The van der Waals surface area contributed by atoms with Crippen molar-refractivity contribution in [2.45, 2.75) is 0 Å². The topological polar surface area (TPSA) is 88.3 Å². The molecule has 1 heterocycles. The van der Waals surface area contributed by atoms with Gasteiger partial charge in [0.25, 0.3) is 0 Å². The van der Waals surface area contributed by atoms with Gasteiger partial charge in [-0.2, -0.15) is 0 Å². The van der Waals surface area contributed by atoms with Crippen molar-refractivity contribution in [3.63, 3.8) is 0 Å². The van der Waals surface area contributed by atoms with Crippen LogP contribution in [-0.4, -0.2) is 22.7 Å². The molecule has 0 fully saturated rings. The van der Waals surface area contributed by atoms with Crippen LogP contribution in [0.3, 0.4) is 0 Å². The van der Waals surface area contributed by atoms with Crippen molar-refractivity contribution in [1.82, 2.24) is 4.57 Å². The molecule has 0 saturated heterocycles. The SMILES string of the molecule is CN=C(N)N=Nc1c(O)n(C)c2ccccc12. The van der Waals surface area contributed by atoms with E-state index in [-0.39, 0.29) is 11.8 Å². The average molecular weight is 231 g/mol. The van der Waals surface area contributed by atoms with E-state index in [1.807, 2.05) is 24.3 Å². The van der Waals surface area contributed by atoms with Crippen molar-refractivity contribution in [3.8, 4) is 5.88 Å². The maximum atomic E-state index is 9.94. The molecular weight excluding hydrogens is 218 g/mol. The first kappa shape index (κ1) is 11.1. The average Bonchev–Trinajstić information content (AvgIpc) is 2.60. The van der Waals surface area contributed by atoms with Gasteiger partial charge in [0.2, 0.25) is 11.8 Å². The lowest BCUT2D eigenvalue weighted by molar-refractivity contribution is 0.436. The molecule has 88 valence electrons. The number of para-hydroxylation sites is 1. The van der Waals surface area contributed by atoms with Crippen molar-refractivity contribution >= 4 is 22.5 Å². The lowest BCUT2D eigenvalue weighted by Gasteiger charge is -1.95. The van der Waals surface area contributed by atoms with E-state index in [1.54, 1.807) is 11.6 Å². The maximum absolute atomic E-state index is 9.94. The van der Waals surface area contributed by atoms with E-state index in [0.717, 1.165) is 10.9 Å². The van der Waals surface area contributed by atoms with Crippen LogP contribution in [0.4, 0.5) is 5.69 Å². The standard InChI is InChI=1S/C11H13N5O/c1-13-11(12)15-14-9-7-5-3-4-6-8(7)16(2)10(9)17/h3-6,17H,1-2H3,(H2,12,13). The van der Waals surface area contributed by atoms with Crippen LogP contribution in [0.1, 0.15) is 0 Å². The third-order valence-corrected chi connectivity index (χ3v) is 2.53. The second-order valence-corrected chi connectivity index (χ2v) is 3.53. The number of azo groups is 1. The van der Waals surface area contributed by atoms with Gasteiger partial charge in [-0.1, -0.05) is 18.2 Å². The van der Waals surface area contributed by atoms with E-state index >= 15 is 0 Å². The molecule has 1 aromatic carbocycles. The summed E-state index contributed by atoms with van der Waals surface area (Å²) < 4.78 is 1.64. The van der Waals surface area contributed by atoms with Gasteiger partial charge in [-0.25, -0.2) is 0 Å². The molecule has 17 heavy (non-hydrogen) atoms. The van der Waals surface area contributed by atoms with Gasteiger partial charge in [-0.15, -0.1) is 10.2 Å². The lowest BCUT2D eigenvalue weighted by atomic mass is 10.2. The minimum Gasteiger partial charge on any atom is -0.493 e. The first-order valence-electron chi connectivity index (χ1n) is 5.05. The molecule has 0 aliphatic carbocycles. The molecular formula is C11H13N5O. The third kappa shape index (κ3) is 1.84. The van der Waals surface area contributed by atoms with Crippen LogP contribution >= 0.6 is 0 Å². The molecule has 0 amide bonds. The number of nitrogens with zero attached hydrogens (tertiary/aromatic N) is 4. The van der Waals surface area contributed by atoms with Crippen molar-refractivity contribution in [1.29, 1.82) is 0 Å². The highest BCUT2D eigenvalue weighted by Gasteiger charge is 2.13. The molecule has 0 aliphatic heterocycles. The van der Waals surface area contributed by atoms with E-state index in [0.29, 0.717) is 5.69 Å². The van der Waals surface area contributed by atoms with Gasteiger partial charge < -0.3 is 15.4 Å². The zero-order chi connectivity index (χ0) is 12.4. The van der Waals surface area contributed by atoms with Gasteiger partial charge in [0.15, 0.2) is 5.69 Å². The van der Waals surface area contributed by atoms with Crippen LogP contribution in [-0.2, 0) is 7.05 Å². The monoisotopic (exact) mass is 231 g/mol. The van der Waals surface area contributed by atoms with E-state index in [2.05, 4.69) is 15.2 Å². The van der Waals surface area contributed by atoms with Crippen LogP contribution in [0.15, 0.2) is 39.5 Å². The van der Waals surface area contributed by atoms with Crippen LogP contribution in [0.5, 0.6) is 5.88 Å². The summed E-state index contributed by atoms with van der Waals surface area (Å²) in [5.74, 6) is 0.121. The molecule has 2 rings (SSSR count). The van der Waals surface area contributed by atoms with E-state index in [9.17, 15) is 5.11 Å². The highest BCUT2D eigenvalue weighted by atomic mass is 16.3. The Morgan fingerprint density at radius 3 is 2.76 bits per heavy atom. The lowest BCUT2D eigenvalue weighted by Crippen LogP contribution is -2.05. The van der Waals surface area contributed by atoms with Crippen LogP contribution in [0, 0.1) is 0 Å². The van der Waals surface area contributed by atoms with Gasteiger partial charge in [0.1, 0.15) is 0 Å². The number of rotatable bonds is 1. The fourth-order valence-corrected chi connectivity index (χ4v) is 1.60. The number of aromatic nitrogens is 1. The van der Waals surface area contributed by atoms with Crippen molar-refractivity contribution in [3.05, 3.63) is 24.3 Å². The molecule has 0 bridgehead atoms. The molecule has 0 saturated carbocycles. The molecule has 0 unspecified atom stereocenters. The maximum Gasteiger partial charge on any atom is 0.235 e. The molecule has 1 aromatic heterocycles. The van der Waals surface area contributed by atoms with E-state index in [4.69, 9.17) is 5.73 Å². The zero-order valence-electron chi connectivity index (χ0n) is 9.62. The smallest absolute Gasteiger partial charge is 0.235 e. The summed E-state index contributed by atoms with van der Waals surface area (Å²) in [5, 5.41) is 18.4. The molecule has 6 heteroatoms. The fraction of sp³-hybridized carbons (Fsp3) is 0.182. The molecule has 0 aliphatic rings. The molecule has 0 atom stereocenters. The minimum absolute atomic E-state index is 0.0545. The fourth-order valence-electron chi connectivity index (χ4n) is 1.60. The first-order valence-corrected chi connectivity index (χ1v) is 5.05. The predicted octanol–water partition coefficient (Wildman–Crippen LogP) is 1.91. The molecule has 2 aromatic rings. The normalized spacial score (nSPS) is 12.7. The number of guanidine groups is 1. The number of aromatic hydroxyl groups is 1. The number of hydrogen-bond acceptors (Lipinski definition) is 3. The number of nitrogens with two attached hydrogens (primary N) is 1. The van der Waals surface area contributed by atoms with Crippen molar-refractivity contribution in [2.24, 2.45) is 28.0 Å². The van der Waals surface area contributed by atoms with Gasteiger partial charge in [0, 0.05) is 19.5 Å². The molecule has 0 spiro atoms. The highest BCUT2D eigenvalue weighted by molar-refractivity contribution is 5.95. The second-order valence-electron chi connectivity index (χ2n) is 3.53. The van der Waals surface area contributed by atoms with Crippen LogP contribution in [0.2, 0.25) is 0 Å². The summed E-state index contributed by atoms with van der Waals surface area (Å²) in [6, 6.07) is 7.52. The first-order chi connectivity index (χ1) is 8.15. The number of hydrogen-bond donors (Lipinski definition) is 2. The Balaban J connectivity index is 2.61. The zero-order valence-corrected chi connectivity index (χ0v) is 9.62. The highest BCUT2D eigenvalue weighted by Crippen LogP contribution is 2.37. The Bertz CT molecular complexity index is 612. The van der Waals surface area contributed by atoms with Crippen molar-refractivity contribution < 1.29 is 5.11 Å². The summed E-state index contributed by atoms with van der Waals surface area (Å²) in [6.07, 6.45) is 0. The second kappa shape index (κ2) is 4.25. The van der Waals surface area contributed by atoms with Gasteiger partial charge in [-0.05, 0) is 6.07 Å². The Morgan fingerprint density at radius 1 is 1.35 bits per heavy atom. The summed E-state index contributed by atoms with van der Waals surface area (Å²) in [4.78, 5) is 3.67. The molecule has 0 radical (unpaired) electrons. The van der Waals surface area contributed by atoms with Crippen LogP contribution in [0.25, 0.3) is 10.9 Å². The van der Waals surface area contributed by atoms with Gasteiger partial charge in [0.05, 0.1) is 5.52 Å². The predicted molar refractivity (Wildman–Crippen MR) is 66.6 cm³/mol. The Kier molecular flexibility index (Phi) is 2.78.